The van der Waals surface area contributed by atoms with E-state index >= 15 is 0 Å². The van der Waals surface area contributed by atoms with Gasteiger partial charge < -0.3 is 10.6 Å². The van der Waals surface area contributed by atoms with E-state index in [0.717, 1.165) is 17.7 Å². The van der Waals surface area contributed by atoms with Crippen molar-refractivity contribution in [2.45, 2.75) is 13.1 Å². The number of fused-ring (bicyclic) bond motifs is 2. The van der Waals surface area contributed by atoms with E-state index in [1.54, 1.807) is 25.1 Å². The Morgan fingerprint density at radius 2 is 1.86 bits per heavy atom. The lowest BCUT2D eigenvalue weighted by Gasteiger charge is -2.11. The molecule has 0 atom stereocenters. The number of carbonyl (C=O) groups excluding carboxylic acids is 1. The molecule has 0 aliphatic carbocycles. The number of hydrogen-bond acceptors (Lipinski definition) is 3. The molecule has 0 fully saturated rings. The molecule has 0 unspecified atom stereocenters. The fraction of sp³-hybridized carbons (Fsp3) is 0.143. The van der Waals surface area contributed by atoms with Crippen molar-refractivity contribution in [1.82, 2.24) is 4.98 Å². The van der Waals surface area contributed by atoms with Gasteiger partial charge in [0.2, 0.25) is 0 Å². The molecule has 108 valence electrons. The summed E-state index contributed by atoms with van der Waals surface area (Å²) in [7, 11) is 0. The molecule has 1 aromatic heterocycles. The minimum absolute atomic E-state index is 0.0681. The molecule has 2 heterocycles. The molecule has 2 N–H and O–H groups in total. The second kappa shape index (κ2) is 4.47. The van der Waals surface area contributed by atoms with Gasteiger partial charge in [0.1, 0.15) is 11.5 Å². The van der Waals surface area contributed by atoms with Crippen molar-refractivity contribution in [3.05, 3.63) is 47.2 Å². The normalized spacial score (nSPS) is 13.6. The Kier molecular flexibility index (Phi) is 2.86. The Balaban J connectivity index is 2.15. The highest BCUT2D eigenvalue weighted by Gasteiger charge is 2.34. The highest BCUT2D eigenvalue weighted by atomic mass is 19.4. The molecule has 2 aromatic rings. The highest BCUT2D eigenvalue weighted by molar-refractivity contribution is 6.11. The van der Waals surface area contributed by atoms with Gasteiger partial charge in [-0.3, -0.25) is 4.79 Å². The second-order valence-corrected chi connectivity index (χ2v) is 4.67. The summed E-state index contributed by atoms with van der Waals surface area (Å²) in [5.41, 5.74) is 0.872. The van der Waals surface area contributed by atoms with Gasteiger partial charge in [0.25, 0.3) is 5.91 Å². The summed E-state index contributed by atoms with van der Waals surface area (Å²) in [6, 6.07) is 7.12. The lowest BCUT2D eigenvalue weighted by Crippen LogP contribution is -2.14. The van der Waals surface area contributed by atoms with Crippen molar-refractivity contribution >= 4 is 23.1 Å². The first-order chi connectivity index (χ1) is 9.86. The summed E-state index contributed by atoms with van der Waals surface area (Å²) in [6.07, 6.45) is -4.56. The second-order valence-electron chi connectivity index (χ2n) is 4.67. The van der Waals surface area contributed by atoms with Crippen LogP contribution >= 0.6 is 0 Å². The average Bonchev–Trinajstić information content (AvgIpc) is 2.55. The third-order valence-electron chi connectivity index (χ3n) is 3.19. The summed E-state index contributed by atoms with van der Waals surface area (Å²) in [4.78, 5) is 15.6. The number of amides is 1. The van der Waals surface area contributed by atoms with Gasteiger partial charge in [0, 0.05) is 0 Å². The molecule has 21 heavy (non-hydrogen) atoms. The van der Waals surface area contributed by atoms with Gasteiger partial charge in [-0.25, -0.2) is 4.98 Å². The Morgan fingerprint density at radius 1 is 1.10 bits per heavy atom. The van der Waals surface area contributed by atoms with Gasteiger partial charge >= 0.3 is 6.18 Å². The van der Waals surface area contributed by atoms with E-state index in [0.29, 0.717) is 11.4 Å². The van der Waals surface area contributed by atoms with Crippen LogP contribution in [0.4, 0.5) is 30.4 Å². The molecular weight excluding hydrogens is 283 g/mol. The van der Waals surface area contributed by atoms with E-state index in [2.05, 4.69) is 15.6 Å². The van der Waals surface area contributed by atoms with E-state index in [4.69, 9.17) is 0 Å². The monoisotopic (exact) mass is 293 g/mol. The van der Waals surface area contributed by atoms with Gasteiger partial charge in [-0.15, -0.1) is 0 Å². The first-order valence-electron chi connectivity index (χ1n) is 6.12. The van der Waals surface area contributed by atoms with Crippen LogP contribution in [0.2, 0.25) is 0 Å². The number of rotatable bonds is 0. The molecule has 0 bridgehead atoms. The van der Waals surface area contributed by atoms with Gasteiger partial charge in [0.05, 0.1) is 16.9 Å². The molecule has 3 rings (SSSR count). The standard InChI is InChI=1S/C14H10F3N3O/c1-7-3-2-4-9-11(7)20-13(21)8-5-6-10(14(15,16)17)19-12(8)18-9/h2-6H,1H3,(H,18,19)(H,20,21). The number of nitrogens with zero attached hydrogens (tertiary/aromatic N) is 1. The number of pyridine rings is 1. The number of benzene rings is 1. The van der Waals surface area contributed by atoms with E-state index < -0.39 is 17.8 Å². The largest absolute Gasteiger partial charge is 0.433 e. The molecule has 1 aromatic carbocycles. The number of halogens is 3. The van der Waals surface area contributed by atoms with E-state index in [1.807, 2.05) is 0 Å². The first kappa shape index (κ1) is 13.4. The molecular formula is C14H10F3N3O. The third-order valence-corrected chi connectivity index (χ3v) is 3.19. The summed E-state index contributed by atoms with van der Waals surface area (Å²) in [5.74, 6) is -0.599. The molecule has 1 aliphatic rings. The summed E-state index contributed by atoms with van der Waals surface area (Å²) in [5, 5.41) is 5.47. The molecule has 7 heteroatoms. The van der Waals surface area contributed by atoms with Crippen LogP contribution < -0.4 is 10.6 Å². The number of aromatic nitrogens is 1. The number of anilines is 3. The maximum absolute atomic E-state index is 12.7. The SMILES string of the molecule is Cc1cccc2c1NC(=O)c1ccc(C(F)(F)F)nc1N2. The molecule has 1 amide bonds. The Hall–Kier alpha value is -2.57. The van der Waals surface area contributed by atoms with Crippen molar-refractivity contribution in [2.75, 3.05) is 10.6 Å². The van der Waals surface area contributed by atoms with Crippen LogP contribution in [-0.4, -0.2) is 10.9 Å². The fourth-order valence-corrected chi connectivity index (χ4v) is 2.14. The van der Waals surface area contributed by atoms with Crippen LogP contribution in [0.1, 0.15) is 21.6 Å². The summed E-state index contributed by atoms with van der Waals surface area (Å²) >= 11 is 0. The van der Waals surface area contributed by atoms with Crippen LogP contribution in [0.5, 0.6) is 0 Å². The van der Waals surface area contributed by atoms with Crippen molar-refractivity contribution in [1.29, 1.82) is 0 Å². The van der Waals surface area contributed by atoms with Crippen molar-refractivity contribution < 1.29 is 18.0 Å². The number of aryl methyl sites for hydroxylation is 1. The van der Waals surface area contributed by atoms with Crippen molar-refractivity contribution in [2.24, 2.45) is 0 Å². The zero-order chi connectivity index (χ0) is 15.2. The fourth-order valence-electron chi connectivity index (χ4n) is 2.14. The van der Waals surface area contributed by atoms with E-state index in [1.165, 1.54) is 0 Å². The van der Waals surface area contributed by atoms with Crippen LogP contribution in [0.3, 0.4) is 0 Å². The maximum Gasteiger partial charge on any atom is 0.433 e. The third kappa shape index (κ3) is 2.31. The van der Waals surface area contributed by atoms with Crippen LogP contribution in [0.15, 0.2) is 30.3 Å². The predicted octanol–water partition coefficient (Wildman–Crippen LogP) is 3.72. The topological polar surface area (TPSA) is 54.0 Å². The van der Waals surface area contributed by atoms with Crippen molar-refractivity contribution in [3.8, 4) is 0 Å². The Labute approximate surface area is 118 Å². The number of alkyl halides is 3. The van der Waals surface area contributed by atoms with E-state index in [-0.39, 0.29) is 11.4 Å². The molecule has 1 aliphatic heterocycles. The summed E-state index contributed by atoms with van der Waals surface area (Å²) < 4.78 is 38.2. The summed E-state index contributed by atoms with van der Waals surface area (Å²) in [6.45, 7) is 1.80. The van der Waals surface area contributed by atoms with Crippen LogP contribution in [-0.2, 0) is 6.18 Å². The van der Waals surface area contributed by atoms with Gasteiger partial charge in [-0.2, -0.15) is 13.2 Å². The van der Waals surface area contributed by atoms with E-state index in [9.17, 15) is 18.0 Å². The number of nitrogens with one attached hydrogen (secondary N) is 2. The molecule has 0 saturated heterocycles. The lowest BCUT2D eigenvalue weighted by atomic mass is 10.1. The van der Waals surface area contributed by atoms with Gasteiger partial charge in [-0.05, 0) is 30.7 Å². The number of para-hydroxylation sites is 1. The number of hydrogen-bond donors (Lipinski definition) is 2. The molecule has 0 saturated carbocycles. The van der Waals surface area contributed by atoms with Gasteiger partial charge in [-0.1, -0.05) is 12.1 Å². The molecule has 4 nitrogen and oxygen atoms in total. The van der Waals surface area contributed by atoms with Gasteiger partial charge in [0.15, 0.2) is 0 Å². The Bertz CT molecular complexity index is 741. The smallest absolute Gasteiger partial charge is 0.338 e. The average molecular weight is 293 g/mol. The first-order valence-corrected chi connectivity index (χ1v) is 6.12. The number of carbonyl (C=O) groups is 1. The van der Waals surface area contributed by atoms with Crippen molar-refractivity contribution in [3.63, 3.8) is 0 Å². The zero-order valence-electron chi connectivity index (χ0n) is 10.9. The lowest BCUT2D eigenvalue weighted by molar-refractivity contribution is -0.141. The molecule has 0 radical (unpaired) electrons. The minimum Gasteiger partial charge on any atom is -0.338 e. The zero-order valence-corrected chi connectivity index (χ0v) is 10.9. The Morgan fingerprint density at radius 3 is 2.57 bits per heavy atom. The quantitative estimate of drug-likeness (QED) is 0.778. The maximum atomic E-state index is 12.7. The van der Waals surface area contributed by atoms with Crippen LogP contribution in [0, 0.1) is 6.92 Å². The highest BCUT2D eigenvalue weighted by Crippen LogP contribution is 2.35. The minimum atomic E-state index is -4.56. The predicted molar refractivity (Wildman–Crippen MR) is 71.7 cm³/mol. The van der Waals surface area contributed by atoms with Crippen LogP contribution in [0.25, 0.3) is 0 Å². The molecule has 0 spiro atoms.